The molecule has 0 aromatic heterocycles. The van der Waals surface area contributed by atoms with Gasteiger partial charge in [0.05, 0.1) is 7.11 Å². The molecule has 0 radical (unpaired) electrons. The third-order valence-corrected chi connectivity index (χ3v) is 5.11. The van der Waals surface area contributed by atoms with E-state index in [0.717, 1.165) is 23.4 Å². The van der Waals surface area contributed by atoms with Gasteiger partial charge in [-0.15, -0.1) is 0 Å². The molecular weight excluding hydrogens is 306 g/mol. The largest absolute Gasteiger partial charge is 0.497 e. The number of benzene rings is 1. The molecule has 4 rings (SSSR count). The molecule has 3 aliphatic rings. The van der Waals surface area contributed by atoms with E-state index in [2.05, 4.69) is 0 Å². The van der Waals surface area contributed by atoms with Crippen LogP contribution >= 0.6 is 0 Å². The number of hydrogen-bond acceptors (Lipinski definition) is 4. The summed E-state index contributed by atoms with van der Waals surface area (Å²) in [5, 5.41) is 0. The van der Waals surface area contributed by atoms with Gasteiger partial charge in [-0.05, 0) is 56.9 Å². The second-order valence-corrected chi connectivity index (χ2v) is 7.77. The van der Waals surface area contributed by atoms with Crippen LogP contribution in [0.4, 0.5) is 4.79 Å². The van der Waals surface area contributed by atoms with Crippen LogP contribution in [0.25, 0.3) is 0 Å². The summed E-state index contributed by atoms with van der Waals surface area (Å²) in [7, 11) is 1.62. The Labute approximate surface area is 141 Å². The monoisotopic (exact) mass is 327 g/mol. The van der Waals surface area contributed by atoms with Crippen LogP contribution < -0.4 is 4.74 Å². The highest BCUT2D eigenvalue weighted by Crippen LogP contribution is 2.66. The molecule has 1 saturated heterocycles. The van der Waals surface area contributed by atoms with Gasteiger partial charge in [0, 0.05) is 29.3 Å². The fourth-order valence-electron chi connectivity index (χ4n) is 4.02. The molecule has 2 aliphatic carbocycles. The van der Waals surface area contributed by atoms with E-state index in [4.69, 9.17) is 9.47 Å². The van der Waals surface area contributed by atoms with Gasteiger partial charge in [0.2, 0.25) is 0 Å². The van der Waals surface area contributed by atoms with E-state index in [1.165, 1.54) is 0 Å². The van der Waals surface area contributed by atoms with E-state index in [-0.39, 0.29) is 17.3 Å². The number of rotatable bonds is 1. The molecule has 5 nitrogen and oxygen atoms in total. The molecule has 1 heterocycles. The predicted octanol–water partition coefficient (Wildman–Crippen LogP) is 3.28. The third-order valence-electron chi connectivity index (χ3n) is 5.11. The average Bonchev–Trinajstić information content (AvgIpc) is 3.13. The molecular formula is C19H21NO4. The zero-order valence-corrected chi connectivity index (χ0v) is 14.4. The lowest BCUT2D eigenvalue weighted by Gasteiger charge is -2.31. The Hall–Kier alpha value is -2.30. The van der Waals surface area contributed by atoms with Crippen LogP contribution in [0.3, 0.4) is 0 Å². The smallest absolute Gasteiger partial charge is 0.414 e. The summed E-state index contributed by atoms with van der Waals surface area (Å²) in [6.45, 7) is 6.14. The predicted molar refractivity (Wildman–Crippen MR) is 88.1 cm³/mol. The summed E-state index contributed by atoms with van der Waals surface area (Å²) in [5.41, 5.74) is 1.70. The summed E-state index contributed by atoms with van der Waals surface area (Å²) in [5.74, 6) is 1.02. The van der Waals surface area contributed by atoms with Crippen molar-refractivity contribution in [1.29, 1.82) is 0 Å². The van der Waals surface area contributed by atoms with Crippen molar-refractivity contribution in [3.05, 3.63) is 41.1 Å². The first kappa shape index (κ1) is 15.2. The number of amides is 1. The van der Waals surface area contributed by atoms with Gasteiger partial charge in [-0.3, -0.25) is 9.69 Å². The number of carbonyl (C=O) groups excluding carboxylic acids is 2. The lowest BCUT2D eigenvalue weighted by molar-refractivity contribution is 0.0322. The molecule has 1 unspecified atom stereocenters. The van der Waals surface area contributed by atoms with Gasteiger partial charge < -0.3 is 9.47 Å². The van der Waals surface area contributed by atoms with Crippen molar-refractivity contribution in [3.63, 3.8) is 0 Å². The SMILES string of the molecule is COc1ccc2c(c1)[C@@]13CC1CN(C(=O)OC(C)(C)C)C3=CC2=O. The van der Waals surface area contributed by atoms with Crippen LogP contribution in [-0.4, -0.2) is 36.0 Å². The first-order chi connectivity index (χ1) is 11.3. The Bertz CT molecular complexity index is 789. The number of likely N-dealkylation sites (tertiary alicyclic amines) is 1. The fraction of sp³-hybridized carbons (Fsp3) is 0.474. The summed E-state index contributed by atoms with van der Waals surface area (Å²) in [4.78, 5) is 26.7. The van der Waals surface area contributed by atoms with Crippen LogP contribution in [0.2, 0.25) is 0 Å². The minimum atomic E-state index is -0.558. The zero-order chi connectivity index (χ0) is 17.3. The summed E-state index contributed by atoms with van der Waals surface area (Å²) >= 11 is 0. The molecule has 2 fully saturated rings. The van der Waals surface area contributed by atoms with Gasteiger partial charge in [-0.2, -0.15) is 0 Å². The van der Waals surface area contributed by atoms with Crippen molar-refractivity contribution >= 4 is 11.9 Å². The van der Waals surface area contributed by atoms with Gasteiger partial charge in [0.25, 0.3) is 0 Å². The molecule has 126 valence electrons. The minimum absolute atomic E-state index is 0.0608. The number of methoxy groups -OCH3 is 1. The number of ether oxygens (including phenoxy) is 2. The van der Waals surface area contributed by atoms with Crippen molar-refractivity contribution in [1.82, 2.24) is 4.90 Å². The highest BCUT2D eigenvalue weighted by Gasteiger charge is 2.67. The molecule has 1 aromatic rings. The van der Waals surface area contributed by atoms with Crippen LogP contribution in [0.15, 0.2) is 30.0 Å². The van der Waals surface area contributed by atoms with Crippen LogP contribution in [0.5, 0.6) is 5.75 Å². The molecule has 1 amide bonds. The Morgan fingerprint density at radius 1 is 1.33 bits per heavy atom. The number of ketones is 1. The molecule has 5 heteroatoms. The average molecular weight is 327 g/mol. The maximum Gasteiger partial charge on any atom is 0.414 e. The number of allylic oxidation sites excluding steroid dienone is 2. The number of piperidine rings is 1. The number of carbonyl (C=O) groups is 2. The topological polar surface area (TPSA) is 55.8 Å². The van der Waals surface area contributed by atoms with Gasteiger partial charge in [0.15, 0.2) is 5.78 Å². The summed E-state index contributed by atoms with van der Waals surface area (Å²) in [6, 6.07) is 5.58. The normalized spacial score (nSPS) is 27.0. The Morgan fingerprint density at radius 2 is 2.08 bits per heavy atom. The van der Waals surface area contributed by atoms with Gasteiger partial charge in [-0.1, -0.05) is 0 Å². The highest BCUT2D eigenvalue weighted by molar-refractivity contribution is 6.09. The van der Waals surface area contributed by atoms with E-state index in [1.54, 1.807) is 18.1 Å². The second kappa shape index (κ2) is 4.62. The summed E-state index contributed by atoms with van der Waals surface area (Å²) < 4.78 is 10.8. The number of nitrogens with zero attached hydrogens (tertiary/aromatic N) is 1. The minimum Gasteiger partial charge on any atom is -0.497 e. The first-order valence-electron chi connectivity index (χ1n) is 8.22. The van der Waals surface area contributed by atoms with Crippen molar-refractivity contribution in [2.75, 3.05) is 13.7 Å². The summed E-state index contributed by atoms with van der Waals surface area (Å²) in [6.07, 6.45) is 2.21. The van der Waals surface area contributed by atoms with Gasteiger partial charge in [-0.25, -0.2) is 4.79 Å². The molecule has 1 saturated carbocycles. The molecule has 1 spiro atoms. The van der Waals surface area contributed by atoms with Crippen LogP contribution in [-0.2, 0) is 10.2 Å². The van der Waals surface area contributed by atoms with Crippen molar-refractivity contribution in [2.24, 2.45) is 5.92 Å². The van der Waals surface area contributed by atoms with E-state index >= 15 is 0 Å². The van der Waals surface area contributed by atoms with Crippen molar-refractivity contribution < 1.29 is 19.1 Å². The number of hydrogen-bond donors (Lipinski definition) is 0. The van der Waals surface area contributed by atoms with E-state index in [1.807, 2.05) is 39.0 Å². The van der Waals surface area contributed by atoms with Crippen LogP contribution in [0.1, 0.15) is 43.1 Å². The van der Waals surface area contributed by atoms with Crippen molar-refractivity contribution in [3.8, 4) is 5.75 Å². The molecule has 1 aromatic carbocycles. The Balaban J connectivity index is 1.75. The zero-order valence-electron chi connectivity index (χ0n) is 14.4. The Morgan fingerprint density at radius 3 is 2.75 bits per heavy atom. The van der Waals surface area contributed by atoms with E-state index < -0.39 is 5.60 Å². The molecule has 0 bridgehead atoms. The number of fused-ring (bicyclic) bond motifs is 1. The maximum atomic E-state index is 12.5. The lowest BCUT2D eigenvalue weighted by Crippen LogP contribution is -2.37. The Kier molecular flexibility index (Phi) is 2.93. The van der Waals surface area contributed by atoms with E-state index in [0.29, 0.717) is 18.0 Å². The molecule has 1 aliphatic heterocycles. The van der Waals surface area contributed by atoms with Gasteiger partial charge >= 0.3 is 6.09 Å². The standard InChI is InChI=1S/C19H21NO4/c1-18(2,3)24-17(22)20-10-11-9-19(11)14-7-12(23-4)5-6-13(14)15(21)8-16(19)20/h5-8,11H,9-10H2,1-4H3/t11?,19-/m1/s1. The molecule has 24 heavy (non-hydrogen) atoms. The van der Waals surface area contributed by atoms with Crippen molar-refractivity contribution in [2.45, 2.75) is 38.2 Å². The first-order valence-corrected chi connectivity index (χ1v) is 8.22. The van der Waals surface area contributed by atoms with Crippen LogP contribution in [0, 0.1) is 5.92 Å². The second-order valence-electron chi connectivity index (χ2n) is 7.77. The molecule has 2 atom stereocenters. The molecule has 0 N–H and O–H groups in total. The quantitative estimate of drug-likeness (QED) is 0.794. The maximum absolute atomic E-state index is 12.5. The van der Waals surface area contributed by atoms with E-state index in [9.17, 15) is 9.59 Å². The van der Waals surface area contributed by atoms with Gasteiger partial charge in [0.1, 0.15) is 11.4 Å². The lowest BCUT2D eigenvalue weighted by atomic mass is 9.81. The highest BCUT2D eigenvalue weighted by atomic mass is 16.6. The third kappa shape index (κ3) is 2.00. The fourth-order valence-corrected chi connectivity index (χ4v) is 4.02.